The Hall–Kier alpha value is -2.62. The number of carbonyl (C=O) groups excluding carboxylic acids is 2. The maximum absolute atomic E-state index is 12.6. The molecule has 0 saturated heterocycles. The number of carbonyl (C=O) groups is 3. The number of halogens is 3. The van der Waals surface area contributed by atoms with Crippen molar-refractivity contribution in [1.82, 2.24) is 10.7 Å². The molecule has 0 aromatic heterocycles. The highest BCUT2D eigenvalue weighted by atomic mass is 79.9. The first kappa shape index (κ1) is 25.6. The normalized spacial score (nSPS) is 11.9. The Morgan fingerprint density at radius 1 is 1.16 bits per heavy atom. The van der Waals surface area contributed by atoms with Crippen molar-refractivity contribution in [2.45, 2.75) is 19.9 Å². The quantitative estimate of drug-likeness (QED) is 0.324. The molecule has 1 atom stereocenters. The van der Waals surface area contributed by atoms with E-state index >= 15 is 0 Å². The number of hydrogen-bond donors (Lipinski definition) is 3. The van der Waals surface area contributed by atoms with Gasteiger partial charge in [0.15, 0.2) is 6.61 Å². The van der Waals surface area contributed by atoms with Gasteiger partial charge in [0.05, 0.1) is 20.7 Å². The van der Waals surface area contributed by atoms with Crippen LogP contribution < -0.4 is 15.5 Å². The van der Waals surface area contributed by atoms with Crippen LogP contribution >= 0.6 is 39.1 Å². The molecule has 0 bridgehead atoms. The van der Waals surface area contributed by atoms with Crippen molar-refractivity contribution in [3.05, 3.63) is 62.0 Å². The van der Waals surface area contributed by atoms with Gasteiger partial charge in [-0.1, -0.05) is 37.0 Å². The molecule has 0 saturated carbocycles. The summed E-state index contributed by atoms with van der Waals surface area (Å²) in [6, 6.07) is 8.47. The third-order valence-corrected chi connectivity index (χ3v) is 5.47. The van der Waals surface area contributed by atoms with Gasteiger partial charge in [-0.25, -0.2) is 10.2 Å². The van der Waals surface area contributed by atoms with Crippen LogP contribution in [0.15, 0.2) is 46.0 Å². The van der Waals surface area contributed by atoms with Gasteiger partial charge in [-0.15, -0.1) is 0 Å². The Morgan fingerprint density at radius 2 is 1.88 bits per heavy atom. The minimum atomic E-state index is -1.09. The van der Waals surface area contributed by atoms with Crippen LogP contribution in [0.25, 0.3) is 0 Å². The van der Waals surface area contributed by atoms with Crippen molar-refractivity contribution in [3.8, 4) is 5.75 Å². The molecular formula is C21H20BrCl2N3O5. The largest absolute Gasteiger partial charge is 0.481 e. The Balaban J connectivity index is 2.01. The number of hydrogen-bond acceptors (Lipinski definition) is 5. The van der Waals surface area contributed by atoms with Gasteiger partial charge in [-0.3, -0.25) is 9.59 Å². The van der Waals surface area contributed by atoms with Gasteiger partial charge in [0.2, 0.25) is 0 Å². The van der Waals surface area contributed by atoms with Gasteiger partial charge < -0.3 is 15.2 Å². The zero-order chi connectivity index (χ0) is 23.8. The first-order valence-corrected chi connectivity index (χ1v) is 10.9. The maximum Gasteiger partial charge on any atom is 0.341 e. The molecular weight excluding hydrogens is 525 g/mol. The van der Waals surface area contributed by atoms with E-state index in [0.29, 0.717) is 20.8 Å². The summed E-state index contributed by atoms with van der Waals surface area (Å²) in [5.74, 6) is -1.90. The lowest BCUT2D eigenvalue weighted by Crippen LogP contribution is -2.48. The molecule has 2 rings (SSSR count). The van der Waals surface area contributed by atoms with Crippen molar-refractivity contribution < 1.29 is 24.2 Å². The Morgan fingerprint density at radius 3 is 2.47 bits per heavy atom. The third-order valence-electron chi connectivity index (χ3n) is 4.11. The highest BCUT2D eigenvalue weighted by Gasteiger charge is 2.24. The minimum absolute atomic E-state index is 0.211. The number of ether oxygens (including phenoxy) is 1. The zero-order valence-corrected chi connectivity index (χ0v) is 20.2. The van der Waals surface area contributed by atoms with Crippen LogP contribution in [0.1, 0.15) is 29.8 Å². The number of benzene rings is 2. The Labute approximate surface area is 203 Å². The number of aliphatic carboxylic acids is 1. The van der Waals surface area contributed by atoms with Crippen LogP contribution in [0.5, 0.6) is 5.75 Å². The molecule has 32 heavy (non-hydrogen) atoms. The molecule has 2 amide bonds. The lowest BCUT2D eigenvalue weighted by molar-refractivity contribution is -0.139. The van der Waals surface area contributed by atoms with Gasteiger partial charge in [0, 0.05) is 5.56 Å². The summed E-state index contributed by atoms with van der Waals surface area (Å²) >= 11 is 15.1. The highest BCUT2D eigenvalue weighted by molar-refractivity contribution is 9.10. The molecule has 170 valence electrons. The third kappa shape index (κ3) is 7.51. The second-order valence-corrected chi connectivity index (χ2v) is 8.60. The summed E-state index contributed by atoms with van der Waals surface area (Å²) in [5, 5.41) is 15.8. The van der Waals surface area contributed by atoms with E-state index in [9.17, 15) is 14.4 Å². The van der Waals surface area contributed by atoms with E-state index in [0.717, 1.165) is 0 Å². The van der Waals surface area contributed by atoms with Crippen molar-refractivity contribution in [2.75, 3.05) is 6.61 Å². The Bertz CT molecular complexity index is 1050. The van der Waals surface area contributed by atoms with Crippen molar-refractivity contribution in [3.63, 3.8) is 0 Å². The van der Waals surface area contributed by atoms with Crippen LogP contribution in [0.4, 0.5) is 0 Å². The number of carboxylic acid groups (broad SMARTS) is 1. The zero-order valence-electron chi connectivity index (χ0n) is 17.1. The van der Waals surface area contributed by atoms with E-state index < -0.39 is 30.4 Å². The molecule has 8 nitrogen and oxygen atoms in total. The number of rotatable bonds is 9. The van der Waals surface area contributed by atoms with Crippen LogP contribution in [-0.2, 0) is 9.59 Å². The van der Waals surface area contributed by atoms with Crippen molar-refractivity contribution in [1.29, 1.82) is 0 Å². The first-order chi connectivity index (χ1) is 15.1. The van der Waals surface area contributed by atoms with E-state index in [2.05, 4.69) is 31.8 Å². The summed E-state index contributed by atoms with van der Waals surface area (Å²) in [5.41, 5.74) is 3.31. The number of carboxylic acids is 1. The van der Waals surface area contributed by atoms with E-state index in [-0.39, 0.29) is 16.5 Å². The van der Waals surface area contributed by atoms with E-state index in [4.69, 9.17) is 33.0 Å². The van der Waals surface area contributed by atoms with Gasteiger partial charge in [0.1, 0.15) is 11.8 Å². The summed E-state index contributed by atoms with van der Waals surface area (Å²) in [6.45, 7) is 3.11. The van der Waals surface area contributed by atoms with Crippen LogP contribution in [-0.4, -0.2) is 41.8 Å². The molecule has 0 spiro atoms. The summed E-state index contributed by atoms with van der Waals surface area (Å²) < 4.78 is 5.66. The molecule has 0 heterocycles. The topological polar surface area (TPSA) is 117 Å². The van der Waals surface area contributed by atoms with Crippen LogP contribution in [0, 0.1) is 5.92 Å². The first-order valence-electron chi connectivity index (χ1n) is 9.31. The predicted molar refractivity (Wildman–Crippen MR) is 126 cm³/mol. The lowest BCUT2D eigenvalue weighted by Gasteiger charge is -2.20. The van der Waals surface area contributed by atoms with Gasteiger partial charge in [0.25, 0.3) is 11.8 Å². The summed E-state index contributed by atoms with van der Waals surface area (Å²) in [7, 11) is 0. The van der Waals surface area contributed by atoms with Gasteiger partial charge in [-0.2, -0.15) is 5.10 Å². The molecule has 3 N–H and O–H groups in total. The molecule has 0 aliphatic rings. The van der Waals surface area contributed by atoms with Crippen LogP contribution in [0.2, 0.25) is 10.0 Å². The Kier molecular flexibility index (Phi) is 9.49. The molecule has 1 unspecified atom stereocenters. The number of nitrogens with zero attached hydrogens (tertiary/aromatic N) is 1. The summed E-state index contributed by atoms with van der Waals surface area (Å²) in [4.78, 5) is 35.7. The second-order valence-electron chi connectivity index (χ2n) is 6.93. The molecule has 2 aromatic carbocycles. The standard InChI is InChI=1S/C21H20BrCl2N3O5/c1-11(2)19(26-20(30)13-4-5-15(23)16(24)8-13)21(31)27-25-9-12-3-6-17(14(22)7-12)32-10-18(28)29/h3-9,11,19H,10H2,1-2H3,(H,26,30)(H,27,31)(H,28,29). The van der Waals surface area contributed by atoms with Gasteiger partial charge in [-0.05, 0) is 63.8 Å². The average Bonchev–Trinajstić information content (AvgIpc) is 2.72. The van der Waals surface area contributed by atoms with E-state index in [1.807, 2.05) is 0 Å². The fourth-order valence-electron chi connectivity index (χ4n) is 2.49. The predicted octanol–water partition coefficient (Wildman–Crippen LogP) is 4.12. The van der Waals surface area contributed by atoms with Crippen molar-refractivity contribution in [2.24, 2.45) is 11.0 Å². The molecule has 0 aliphatic carbocycles. The number of nitrogens with one attached hydrogen (secondary N) is 2. The molecule has 11 heteroatoms. The minimum Gasteiger partial charge on any atom is -0.481 e. The smallest absolute Gasteiger partial charge is 0.341 e. The lowest BCUT2D eigenvalue weighted by atomic mass is 10.0. The maximum atomic E-state index is 12.6. The van der Waals surface area contributed by atoms with Crippen LogP contribution in [0.3, 0.4) is 0 Å². The van der Waals surface area contributed by atoms with E-state index in [1.54, 1.807) is 32.0 Å². The monoisotopic (exact) mass is 543 g/mol. The van der Waals surface area contributed by atoms with E-state index in [1.165, 1.54) is 24.4 Å². The second kappa shape index (κ2) is 11.8. The molecule has 2 aromatic rings. The fraction of sp³-hybridized carbons (Fsp3) is 0.238. The molecule has 0 radical (unpaired) electrons. The van der Waals surface area contributed by atoms with Gasteiger partial charge >= 0.3 is 5.97 Å². The van der Waals surface area contributed by atoms with Crippen molar-refractivity contribution >= 4 is 63.1 Å². The molecule has 0 aliphatic heterocycles. The SMILES string of the molecule is CC(C)C(NC(=O)c1ccc(Cl)c(Cl)c1)C(=O)NN=Cc1ccc(OCC(=O)O)c(Br)c1. The molecule has 0 fully saturated rings. The fourth-order valence-corrected chi connectivity index (χ4v) is 3.30. The number of amides is 2. The summed E-state index contributed by atoms with van der Waals surface area (Å²) in [6.07, 6.45) is 1.40. The average molecular weight is 545 g/mol. The highest BCUT2D eigenvalue weighted by Crippen LogP contribution is 2.25. The number of hydrazone groups is 1.